The molecule has 3 aromatic rings. The quantitative estimate of drug-likeness (QED) is 0.700. The van der Waals surface area contributed by atoms with E-state index in [1.165, 1.54) is 23.2 Å². The first kappa shape index (κ1) is 17.8. The van der Waals surface area contributed by atoms with Crippen molar-refractivity contribution in [2.45, 2.75) is 39.0 Å². The molecule has 1 saturated heterocycles. The van der Waals surface area contributed by atoms with E-state index >= 15 is 0 Å². The zero-order valence-electron chi connectivity index (χ0n) is 16.7. The van der Waals surface area contributed by atoms with Crippen molar-refractivity contribution < 1.29 is 14.1 Å². The summed E-state index contributed by atoms with van der Waals surface area (Å²) in [4.78, 5) is 15.5. The van der Waals surface area contributed by atoms with E-state index in [1.54, 1.807) is 11.2 Å². The Labute approximate surface area is 164 Å². The fourth-order valence-electron chi connectivity index (χ4n) is 4.60. The Balaban J connectivity index is 1.50. The summed E-state index contributed by atoms with van der Waals surface area (Å²) < 4.78 is 11.7. The Morgan fingerprint density at radius 1 is 1.14 bits per heavy atom. The molecule has 1 aliphatic heterocycles. The second kappa shape index (κ2) is 7.29. The molecule has 1 aliphatic carbocycles. The Bertz CT molecular complexity index is 1010. The normalized spacial score (nSPS) is 17.7. The molecule has 1 fully saturated rings. The van der Waals surface area contributed by atoms with Crippen LogP contribution in [0.1, 0.15) is 43.0 Å². The molecule has 0 aromatic carbocycles. The highest BCUT2D eigenvalue weighted by Crippen LogP contribution is 2.39. The predicted octanol–water partition coefficient (Wildman–Crippen LogP) is 1.71. The molecule has 0 unspecified atom stereocenters. The molecule has 7 heteroatoms. The van der Waals surface area contributed by atoms with E-state index in [1.807, 2.05) is 0 Å². The SMILES string of the molecule is CC(C)c1nc2oc3c(NCC[NH+]4CCOCC4)ncnc3c2c2c1CCC2. The highest BCUT2D eigenvalue weighted by molar-refractivity contribution is 6.06. The molecule has 0 saturated carbocycles. The number of hydrogen-bond donors (Lipinski definition) is 2. The van der Waals surface area contributed by atoms with Crippen molar-refractivity contribution in [1.82, 2.24) is 15.0 Å². The number of fused-ring (bicyclic) bond motifs is 5. The van der Waals surface area contributed by atoms with Crippen LogP contribution in [0.2, 0.25) is 0 Å². The molecular weight excluding hydrogens is 354 g/mol. The predicted molar refractivity (Wildman–Crippen MR) is 108 cm³/mol. The summed E-state index contributed by atoms with van der Waals surface area (Å²) in [5.74, 6) is 1.16. The summed E-state index contributed by atoms with van der Waals surface area (Å²) >= 11 is 0. The molecule has 7 nitrogen and oxygen atoms in total. The summed E-state index contributed by atoms with van der Waals surface area (Å²) in [6, 6.07) is 0. The molecule has 5 rings (SSSR count). The van der Waals surface area contributed by atoms with E-state index in [-0.39, 0.29) is 0 Å². The molecule has 0 atom stereocenters. The van der Waals surface area contributed by atoms with Crippen LogP contribution in [0.25, 0.3) is 22.2 Å². The van der Waals surface area contributed by atoms with Crippen LogP contribution in [-0.2, 0) is 17.6 Å². The van der Waals surface area contributed by atoms with Crippen molar-refractivity contribution in [2.75, 3.05) is 44.7 Å². The van der Waals surface area contributed by atoms with Crippen molar-refractivity contribution in [3.8, 4) is 0 Å². The summed E-state index contributed by atoms with van der Waals surface area (Å²) in [6.07, 6.45) is 5.01. The summed E-state index contributed by atoms with van der Waals surface area (Å²) in [5.41, 5.74) is 6.31. The number of pyridine rings is 1. The Kier molecular flexibility index (Phi) is 4.64. The third-order valence-corrected chi connectivity index (χ3v) is 6.02. The van der Waals surface area contributed by atoms with Gasteiger partial charge in [-0.05, 0) is 36.3 Å². The zero-order chi connectivity index (χ0) is 19.1. The van der Waals surface area contributed by atoms with E-state index in [2.05, 4.69) is 29.1 Å². The molecular formula is C21H28N5O2+. The third-order valence-electron chi connectivity index (χ3n) is 6.02. The van der Waals surface area contributed by atoms with E-state index < -0.39 is 0 Å². The van der Waals surface area contributed by atoms with E-state index in [4.69, 9.17) is 14.1 Å². The summed E-state index contributed by atoms with van der Waals surface area (Å²) in [7, 11) is 0. The van der Waals surface area contributed by atoms with Crippen LogP contribution in [0.4, 0.5) is 5.82 Å². The van der Waals surface area contributed by atoms with Gasteiger partial charge in [0.1, 0.15) is 24.9 Å². The number of aromatic nitrogens is 3. The molecule has 0 amide bonds. The summed E-state index contributed by atoms with van der Waals surface area (Å²) in [5, 5.41) is 4.56. The molecule has 2 N–H and O–H groups in total. The van der Waals surface area contributed by atoms with Gasteiger partial charge in [0.25, 0.3) is 0 Å². The monoisotopic (exact) mass is 382 g/mol. The number of nitrogens with zero attached hydrogens (tertiary/aromatic N) is 3. The number of furan rings is 1. The van der Waals surface area contributed by atoms with Crippen molar-refractivity contribution in [3.63, 3.8) is 0 Å². The number of ether oxygens (including phenoxy) is 1. The lowest BCUT2D eigenvalue weighted by Gasteiger charge is -2.23. The molecule has 0 bridgehead atoms. The van der Waals surface area contributed by atoms with Gasteiger partial charge in [0, 0.05) is 0 Å². The van der Waals surface area contributed by atoms with Gasteiger partial charge in [-0.3, -0.25) is 0 Å². The van der Waals surface area contributed by atoms with E-state index in [0.717, 1.165) is 74.5 Å². The lowest BCUT2D eigenvalue weighted by Crippen LogP contribution is -3.14. The minimum absolute atomic E-state index is 0.393. The standard InChI is InChI=1S/C21H27N5O2/c1-13(2)17-15-5-3-4-14(15)16-18-19(28-21(16)25-17)20(24-12-23-18)22-6-7-26-8-10-27-11-9-26/h12-13H,3-11H2,1-2H3,(H,22,23,24)/p+1. The van der Waals surface area contributed by atoms with Crippen LogP contribution >= 0.6 is 0 Å². The van der Waals surface area contributed by atoms with Gasteiger partial charge >= 0.3 is 0 Å². The first-order valence-electron chi connectivity index (χ1n) is 10.5. The van der Waals surface area contributed by atoms with Crippen LogP contribution < -0.4 is 10.2 Å². The molecule has 4 heterocycles. The van der Waals surface area contributed by atoms with Crippen LogP contribution in [0.15, 0.2) is 10.7 Å². The maximum absolute atomic E-state index is 6.22. The molecule has 148 valence electrons. The van der Waals surface area contributed by atoms with Crippen LogP contribution in [0.3, 0.4) is 0 Å². The van der Waals surface area contributed by atoms with Gasteiger partial charge in [0.05, 0.1) is 37.4 Å². The number of quaternary nitrogens is 1. The minimum atomic E-state index is 0.393. The van der Waals surface area contributed by atoms with Gasteiger partial charge in [-0.1, -0.05) is 13.8 Å². The highest BCUT2D eigenvalue weighted by Gasteiger charge is 2.26. The number of rotatable bonds is 5. The second-order valence-corrected chi connectivity index (χ2v) is 8.18. The largest absolute Gasteiger partial charge is 0.432 e. The maximum Gasteiger partial charge on any atom is 0.229 e. The highest BCUT2D eigenvalue weighted by atomic mass is 16.5. The lowest BCUT2D eigenvalue weighted by molar-refractivity contribution is -0.906. The molecule has 0 radical (unpaired) electrons. The third kappa shape index (κ3) is 3.02. The van der Waals surface area contributed by atoms with Crippen LogP contribution in [0, 0.1) is 0 Å². The van der Waals surface area contributed by atoms with Gasteiger partial charge in [-0.2, -0.15) is 0 Å². The number of hydrogen-bond acceptors (Lipinski definition) is 6. The smallest absolute Gasteiger partial charge is 0.229 e. The average molecular weight is 382 g/mol. The van der Waals surface area contributed by atoms with Gasteiger partial charge < -0.3 is 19.4 Å². The first-order chi connectivity index (χ1) is 13.7. The first-order valence-corrected chi connectivity index (χ1v) is 10.5. The number of aryl methyl sites for hydroxylation is 1. The molecule has 3 aromatic heterocycles. The van der Waals surface area contributed by atoms with Gasteiger partial charge in [0.2, 0.25) is 5.71 Å². The van der Waals surface area contributed by atoms with Crippen LogP contribution in [0.5, 0.6) is 0 Å². The van der Waals surface area contributed by atoms with Crippen molar-refractivity contribution in [1.29, 1.82) is 0 Å². The van der Waals surface area contributed by atoms with E-state index in [0.29, 0.717) is 11.6 Å². The molecule has 0 spiro atoms. The van der Waals surface area contributed by atoms with Crippen molar-refractivity contribution in [3.05, 3.63) is 23.1 Å². The Morgan fingerprint density at radius 2 is 1.96 bits per heavy atom. The molecule has 2 aliphatic rings. The van der Waals surface area contributed by atoms with Gasteiger partial charge in [-0.15, -0.1) is 0 Å². The number of morpholine rings is 1. The van der Waals surface area contributed by atoms with Crippen molar-refractivity contribution >= 4 is 28.0 Å². The zero-order valence-corrected chi connectivity index (χ0v) is 16.7. The van der Waals surface area contributed by atoms with E-state index in [9.17, 15) is 0 Å². The second-order valence-electron chi connectivity index (χ2n) is 8.18. The topological polar surface area (TPSA) is 77.5 Å². The van der Waals surface area contributed by atoms with Gasteiger partial charge in [0.15, 0.2) is 11.4 Å². The number of nitrogens with one attached hydrogen (secondary N) is 2. The fraction of sp³-hybridized carbons (Fsp3) is 0.571. The summed E-state index contributed by atoms with van der Waals surface area (Å²) in [6.45, 7) is 10.1. The minimum Gasteiger partial charge on any atom is -0.432 e. The average Bonchev–Trinajstić information content (AvgIpc) is 3.32. The number of anilines is 1. The Morgan fingerprint density at radius 3 is 2.79 bits per heavy atom. The lowest BCUT2D eigenvalue weighted by atomic mass is 9.99. The van der Waals surface area contributed by atoms with Gasteiger partial charge in [-0.25, -0.2) is 15.0 Å². The Hall–Kier alpha value is -2.25. The van der Waals surface area contributed by atoms with Crippen molar-refractivity contribution in [2.24, 2.45) is 0 Å². The molecule has 28 heavy (non-hydrogen) atoms. The van der Waals surface area contributed by atoms with Crippen LogP contribution in [-0.4, -0.2) is 54.3 Å². The maximum atomic E-state index is 6.22. The fourth-order valence-corrected chi connectivity index (χ4v) is 4.60.